The number of aliphatic hydroxyl groups excluding tert-OH is 1. The fourth-order valence-electron chi connectivity index (χ4n) is 2.28. The Morgan fingerprint density at radius 2 is 1.75 bits per heavy atom. The average molecular weight is 229 g/mol. The topological polar surface area (TPSA) is 32.3 Å². The Morgan fingerprint density at radius 1 is 1.06 bits per heavy atom. The molecule has 0 amide bonds. The van der Waals surface area contributed by atoms with Crippen molar-refractivity contribution in [1.82, 2.24) is 5.32 Å². The van der Waals surface area contributed by atoms with E-state index >= 15 is 0 Å². The molecule has 0 aliphatic carbocycles. The maximum absolute atomic E-state index is 8.67. The number of nitrogens with one attached hydrogen (secondary N) is 1. The van der Waals surface area contributed by atoms with E-state index in [0.29, 0.717) is 12.6 Å². The Balaban J connectivity index is 3.47. The molecule has 0 saturated carbocycles. The quantitative estimate of drug-likeness (QED) is 0.533. The van der Waals surface area contributed by atoms with E-state index in [1.54, 1.807) is 0 Å². The highest BCUT2D eigenvalue weighted by molar-refractivity contribution is 4.71. The molecular formula is C14H31NO. The summed E-state index contributed by atoms with van der Waals surface area (Å²) in [5.41, 5.74) is 0. The van der Waals surface area contributed by atoms with Gasteiger partial charge in [-0.2, -0.15) is 0 Å². The molecule has 0 aliphatic heterocycles. The van der Waals surface area contributed by atoms with Crippen LogP contribution in [0, 0.1) is 5.92 Å². The summed E-state index contributed by atoms with van der Waals surface area (Å²) in [7, 11) is 0. The van der Waals surface area contributed by atoms with Crippen LogP contribution < -0.4 is 5.32 Å². The number of unbranched alkanes of at least 4 members (excludes halogenated alkanes) is 3. The molecule has 2 nitrogen and oxygen atoms in total. The highest BCUT2D eigenvalue weighted by Gasteiger charge is 2.12. The molecule has 0 aromatic heterocycles. The molecule has 0 saturated heterocycles. The molecule has 0 aromatic carbocycles. The molecule has 0 aliphatic rings. The highest BCUT2D eigenvalue weighted by Crippen LogP contribution is 2.13. The van der Waals surface area contributed by atoms with Gasteiger partial charge in [0.2, 0.25) is 0 Å². The zero-order valence-corrected chi connectivity index (χ0v) is 11.5. The lowest BCUT2D eigenvalue weighted by atomic mass is 9.95. The van der Waals surface area contributed by atoms with Crippen LogP contribution in [-0.4, -0.2) is 24.3 Å². The van der Waals surface area contributed by atoms with Crippen LogP contribution >= 0.6 is 0 Å². The van der Waals surface area contributed by atoms with E-state index in [1.165, 1.54) is 38.5 Å². The average Bonchev–Trinajstić information content (AvgIpc) is 2.28. The molecule has 0 fully saturated rings. The third-order valence-electron chi connectivity index (χ3n) is 3.36. The van der Waals surface area contributed by atoms with Gasteiger partial charge in [-0.3, -0.25) is 0 Å². The second-order valence-corrected chi connectivity index (χ2v) is 4.87. The molecule has 98 valence electrons. The summed E-state index contributed by atoms with van der Waals surface area (Å²) >= 11 is 0. The van der Waals surface area contributed by atoms with Crippen LogP contribution in [0.5, 0.6) is 0 Å². The lowest BCUT2D eigenvalue weighted by Gasteiger charge is -2.23. The van der Waals surface area contributed by atoms with Crippen LogP contribution in [0.15, 0.2) is 0 Å². The molecule has 0 spiro atoms. The predicted molar refractivity (Wildman–Crippen MR) is 71.7 cm³/mol. The Hall–Kier alpha value is -0.0800. The molecule has 2 N–H and O–H groups in total. The summed E-state index contributed by atoms with van der Waals surface area (Å²) in [6.07, 6.45) is 8.47. The van der Waals surface area contributed by atoms with Crippen LogP contribution in [0.2, 0.25) is 0 Å². The van der Waals surface area contributed by atoms with Gasteiger partial charge in [0.25, 0.3) is 0 Å². The standard InChI is InChI=1S/C14H31NO/c1-4-10-13(3)14(5-2)15-11-8-6-7-9-12-16/h13-16H,4-12H2,1-3H3. The molecule has 16 heavy (non-hydrogen) atoms. The van der Waals surface area contributed by atoms with Crippen molar-refractivity contribution in [2.75, 3.05) is 13.2 Å². The van der Waals surface area contributed by atoms with Crippen molar-refractivity contribution in [3.8, 4) is 0 Å². The smallest absolute Gasteiger partial charge is 0.0431 e. The zero-order chi connectivity index (χ0) is 12.2. The molecule has 0 radical (unpaired) electrons. The molecule has 0 bridgehead atoms. The summed E-state index contributed by atoms with van der Waals surface area (Å²) in [4.78, 5) is 0. The molecule has 0 rings (SSSR count). The van der Waals surface area contributed by atoms with Crippen LogP contribution in [0.4, 0.5) is 0 Å². The van der Waals surface area contributed by atoms with Gasteiger partial charge in [-0.1, -0.05) is 40.0 Å². The monoisotopic (exact) mass is 229 g/mol. The van der Waals surface area contributed by atoms with E-state index in [1.807, 2.05) is 0 Å². The van der Waals surface area contributed by atoms with E-state index in [9.17, 15) is 0 Å². The first-order valence-electron chi connectivity index (χ1n) is 7.10. The van der Waals surface area contributed by atoms with E-state index in [0.717, 1.165) is 18.9 Å². The highest BCUT2D eigenvalue weighted by atomic mass is 16.2. The minimum atomic E-state index is 0.346. The van der Waals surface area contributed by atoms with Gasteiger partial charge in [-0.05, 0) is 38.1 Å². The van der Waals surface area contributed by atoms with Crippen LogP contribution in [0.25, 0.3) is 0 Å². The van der Waals surface area contributed by atoms with Crippen molar-refractivity contribution < 1.29 is 5.11 Å². The van der Waals surface area contributed by atoms with Gasteiger partial charge in [0, 0.05) is 12.6 Å². The van der Waals surface area contributed by atoms with E-state index < -0.39 is 0 Å². The third-order valence-corrected chi connectivity index (χ3v) is 3.36. The third kappa shape index (κ3) is 8.12. The first kappa shape index (κ1) is 15.9. The minimum Gasteiger partial charge on any atom is -0.396 e. The maximum Gasteiger partial charge on any atom is 0.0431 e. The normalized spacial score (nSPS) is 15.0. The summed E-state index contributed by atoms with van der Waals surface area (Å²) in [5.74, 6) is 0.799. The SMILES string of the molecule is CCCC(C)C(CC)NCCCCCCO. The maximum atomic E-state index is 8.67. The fourth-order valence-corrected chi connectivity index (χ4v) is 2.28. The number of rotatable bonds is 11. The van der Waals surface area contributed by atoms with Gasteiger partial charge in [-0.15, -0.1) is 0 Å². The number of hydrogen-bond donors (Lipinski definition) is 2. The van der Waals surface area contributed by atoms with Gasteiger partial charge in [-0.25, -0.2) is 0 Å². The summed E-state index contributed by atoms with van der Waals surface area (Å²) in [6.45, 7) is 8.38. The fraction of sp³-hybridized carbons (Fsp3) is 1.00. The second-order valence-electron chi connectivity index (χ2n) is 4.87. The lowest BCUT2D eigenvalue weighted by molar-refractivity contribution is 0.281. The van der Waals surface area contributed by atoms with E-state index in [2.05, 4.69) is 26.1 Å². The molecule has 0 heterocycles. The van der Waals surface area contributed by atoms with Crippen molar-refractivity contribution in [2.45, 2.75) is 71.8 Å². The minimum absolute atomic E-state index is 0.346. The molecule has 2 heteroatoms. The lowest BCUT2D eigenvalue weighted by Crippen LogP contribution is -2.35. The van der Waals surface area contributed by atoms with Gasteiger partial charge >= 0.3 is 0 Å². The van der Waals surface area contributed by atoms with Crippen LogP contribution in [0.1, 0.15) is 65.7 Å². The largest absolute Gasteiger partial charge is 0.396 e. The van der Waals surface area contributed by atoms with Crippen molar-refractivity contribution in [3.63, 3.8) is 0 Å². The van der Waals surface area contributed by atoms with Gasteiger partial charge in [0.05, 0.1) is 0 Å². The molecule has 0 aromatic rings. The van der Waals surface area contributed by atoms with Crippen molar-refractivity contribution in [1.29, 1.82) is 0 Å². The Bertz CT molecular complexity index is 139. The van der Waals surface area contributed by atoms with Gasteiger partial charge in [0.15, 0.2) is 0 Å². The number of hydrogen-bond acceptors (Lipinski definition) is 2. The summed E-state index contributed by atoms with van der Waals surface area (Å²) in [5, 5.41) is 12.3. The van der Waals surface area contributed by atoms with Crippen LogP contribution in [-0.2, 0) is 0 Å². The van der Waals surface area contributed by atoms with Crippen molar-refractivity contribution in [3.05, 3.63) is 0 Å². The van der Waals surface area contributed by atoms with Crippen molar-refractivity contribution in [2.24, 2.45) is 5.92 Å². The van der Waals surface area contributed by atoms with Gasteiger partial charge in [0.1, 0.15) is 0 Å². The summed E-state index contributed by atoms with van der Waals surface area (Å²) < 4.78 is 0. The van der Waals surface area contributed by atoms with Crippen molar-refractivity contribution >= 4 is 0 Å². The Kier molecular flexibility index (Phi) is 11.3. The molecule has 2 atom stereocenters. The van der Waals surface area contributed by atoms with Gasteiger partial charge < -0.3 is 10.4 Å². The predicted octanol–water partition coefficient (Wildman–Crippen LogP) is 3.34. The zero-order valence-electron chi connectivity index (χ0n) is 11.5. The second kappa shape index (κ2) is 11.4. The summed E-state index contributed by atoms with van der Waals surface area (Å²) in [6, 6.07) is 0.692. The van der Waals surface area contributed by atoms with E-state index in [-0.39, 0.29) is 0 Å². The Morgan fingerprint density at radius 3 is 2.31 bits per heavy atom. The first-order valence-corrected chi connectivity index (χ1v) is 7.10. The number of aliphatic hydroxyl groups is 1. The molecule has 2 unspecified atom stereocenters. The van der Waals surface area contributed by atoms with E-state index in [4.69, 9.17) is 5.11 Å². The molecular weight excluding hydrogens is 198 g/mol. The van der Waals surface area contributed by atoms with Crippen LogP contribution in [0.3, 0.4) is 0 Å². The first-order chi connectivity index (χ1) is 7.76. The Labute approximate surface area is 102 Å².